The Morgan fingerprint density at radius 2 is 1.72 bits per heavy atom. The maximum absolute atomic E-state index is 13.4. The van der Waals surface area contributed by atoms with E-state index < -0.39 is 29.7 Å². The van der Waals surface area contributed by atoms with Gasteiger partial charge in [0.1, 0.15) is 11.5 Å². The van der Waals surface area contributed by atoms with Crippen LogP contribution in [0.25, 0.3) is 0 Å². The molecule has 4 rings (SSSR count). The van der Waals surface area contributed by atoms with Crippen LogP contribution < -0.4 is 9.47 Å². The molecule has 39 heavy (non-hydrogen) atoms. The Bertz CT molecular complexity index is 1160. The van der Waals surface area contributed by atoms with Gasteiger partial charge in [0.25, 0.3) is 5.91 Å². The summed E-state index contributed by atoms with van der Waals surface area (Å²) in [6.45, 7) is 6.75. The Morgan fingerprint density at radius 3 is 2.38 bits per heavy atom. The van der Waals surface area contributed by atoms with Gasteiger partial charge in [-0.1, -0.05) is 38.1 Å². The van der Waals surface area contributed by atoms with Crippen molar-refractivity contribution in [2.75, 3.05) is 33.4 Å². The second kappa shape index (κ2) is 11.9. The Labute approximate surface area is 226 Å². The molecule has 7 nitrogen and oxygen atoms in total. The molecule has 2 aromatic carbocycles. The van der Waals surface area contributed by atoms with Crippen molar-refractivity contribution in [3.8, 4) is 11.5 Å². The number of para-hydroxylation sites is 1. The second-order valence-corrected chi connectivity index (χ2v) is 10.7. The highest BCUT2D eigenvalue weighted by Gasteiger charge is 2.55. The first-order valence-electron chi connectivity index (χ1n) is 13.2. The number of piperidine rings is 1. The van der Waals surface area contributed by atoms with Crippen LogP contribution >= 0.6 is 0 Å². The Hall–Kier alpha value is -3.27. The van der Waals surface area contributed by atoms with E-state index in [4.69, 9.17) is 14.2 Å². The minimum Gasteiger partial charge on any atom is -0.497 e. The molecule has 1 atom stereocenters. The predicted molar refractivity (Wildman–Crippen MR) is 138 cm³/mol. The zero-order valence-electron chi connectivity index (χ0n) is 22.5. The van der Waals surface area contributed by atoms with Crippen LogP contribution in [-0.4, -0.2) is 67.4 Å². The van der Waals surface area contributed by atoms with Gasteiger partial charge in [0.2, 0.25) is 0 Å². The lowest BCUT2D eigenvalue weighted by molar-refractivity contribution is -0.217. The van der Waals surface area contributed by atoms with Crippen LogP contribution in [0.2, 0.25) is 0 Å². The van der Waals surface area contributed by atoms with E-state index in [-0.39, 0.29) is 12.1 Å². The fourth-order valence-electron chi connectivity index (χ4n) is 5.33. The number of nitrogens with zero attached hydrogens (tertiary/aromatic N) is 2. The van der Waals surface area contributed by atoms with Crippen LogP contribution in [-0.2, 0) is 16.1 Å². The summed E-state index contributed by atoms with van der Waals surface area (Å²) in [5, 5.41) is 0. The quantitative estimate of drug-likeness (QED) is 0.418. The zero-order valence-corrected chi connectivity index (χ0v) is 22.5. The van der Waals surface area contributed by atoms with Gasteiger partial charge in [-0.3, -0.25) is 9.69 Å². The number of hydrogen-bond donors (Lipinski definition) is 0. The molecule has 212 valence electrons. The van der Waals surface area contributed by atoms with Gasteiger partial charge in [-0.25, -0.2) is 4.79 Å². The molecular formula is C29H35F3N2O5. The Kier molecular flexibility index (Phi) is 8.73. The number of hydrogen-bond acceptors (Lipinski definition) is 6. The summed E-state index contributed by atoms with van der Waals surface area (Å²) in [6, 6.07) is 14.2. The third-order valence-corrected chi connectivity index (χ3v) is 7.48. The average Bonchev–Trinajstić information content (AvgIpc) is 3.25. The highest BCUT2D eigenvalue weighted by atomic mass is 19.4. The summed E-state index contributed by atoms with van der Waals surface area (Å²) in [6.07, 6.45) is -5.05. The first-order chi connectivity index (χ1) is 18.5. The van der Waals surface area contributed by atoms with Gasteiger partial charge in [-0.2, -0.15) is 13.2 Å². The van der Waals surface area contributed by atoms with Crippen molar-refractivity contribution in [2.24, 2.45) is 11.3 Å². The summed E-state index contributed by atoms with van der Waals surface area (Å²) in [5.41, 5.74) is 0.532. The summed E-state index contributed by atoms with van der Waals surface area (Å²) in [4.78, 5) is 28.9. The van der Waals surface area contributed by atoms with Crippen molar-refractivity contribution >= 4 is 11.9 Å². The SMILES string of the molecule is COc1cccc(C(=O)N2CCC3(CCN(Cc4ccccc4OCC(C)C)CC3)C2OC(=O)C(F)(F)F)c1. The summed E-state index contributed by atoms with van der Waals surface area (Å²) < 4.78 is 56.0. The molecule has 1 unspecified atom stereocenters. The van der Waals surface area contributed by atoms with Crippen molar-refractivity contribution in [1.29, 1.82) is 0 Å². The van der Waals surface area contributed by atoms with Gasteiger partial charge in [-0.15, -0.1) is 0 Å². The molecule has 2 saturated heterocycles. The molecule has 1 amide bonds. The van der Waals surface area contributed by atoms with Gasteiger partial charge in [0.05, 0.1) is 13.7 Å². The third kappa shape index (κ3) is 6.66. The van der Waals surface area contributed by atoms with E-state index in [1.807, 2.05) is 24.3 Å². The van der Waals surface area contributed by atoms with Crippen LogP contribution in [0.5, 0.6) is 11.5 Å². The number of amides is 1. The molecule has 10 heteroatoms. The van der Waals surface area contributed by atoms with E-state index in [0.717, 1.165) is 11.3 Å². The number of ether oxygens (including phenoxy) is 3. The van der Waals surface area contributed by atoms with E-state index in [0.29, 0.717) is 57.2 Å². The first kappa shape index (κ1) is 28.7. The number of methoxy groups -OCH3 is 1. The van der Waals surface area contributed by atoms with Crippen molar-refractivity contribution in [2.45, 2.75) is 52.1 Å². The van der Waals surface area contributed by atoms with E-state index >= 15 is 0 Å². The number of alkyl halides is 3. The van der Waals surface area contributed by atoms with Crippen LogP contribution in [0.3, 0.4) is 0 Å². The van der Waals surface area contributed by atoms with Gasteiger partial charge in [0.15, 0.2) is 6.23 Å². The van der Waals surface area contributed by atoms with Crippen molar-refractivity contribution in [3.05, 3.63) is 59.7 Å². The largest absolute Gasteiger partial charge is 0.497 e. The number of esters is 1. The summed E-state index contributed by atoms with van der Waals surface area (Å²) in [5.74, 6) is -1.13. The second-order valence-electron chi connectivity index (χ2n) is 10.7. The number of benzene rings is 2. The van der Waals surface area contributed by atoms with Crippen LogP contribution in [0.15, 0.2) is 48.5 Å². The Balaban J connectivity index is 1.51. The van der Waals surface area contributed by atoms with Crippen molar-refractivity contribution in [3.63, 3.8) is 0 Å². The van der Waals surface area contributed by atoms with Crippen LogP contribution in [0, 0.1) is 11.3 Å². The van der Waals surface area contributed by atoms with Crippen LogP contribution in [0.1, 0.15) is 49.0 Å². The van der Waals surface area contributed by atoms with Crippen LogP contribution in [0.4, 0.5) is 13.2 Å². The molecule has 2 aliphatic rings. The minimum atomic E-state index is -5.16. The average molecular weight is 549 g/mol. The van der Waals surface area contributed by atoms with Gasteiger partial charge in [0, 0.05) is 29.6 Å². The lowest BCUT2D eigenvalue weighted by atomic mass is 9.76. The molecular weight excluding hydrogens is 513 g/mol. The third-order valence-electron chi connectivity index (χ3n) is 7.48. The monoisotopic (exact) mass is 548 g/mol. The molecule has 1 spiro atoms. The number of carbonyl (C=O) groups is 2. The standard InChI is InChI=1S/C29H35F3N2O5/c1-20(2)19-38-24-10-5-4-7-22(24)18-33-14-11-28(12-15-33)13-16-34(26(28)39-27(36)29(30,31)32)25(35)21-8-6-9-23(17-21)37-3/h4-10,17,20,26H,11-16,18-19H2,1-3H3. The fraction of sp³-hybridized carbons (Fsp3) is 0.517. The summed E-state index contributed by atoms with van der Waals surface area (Å²) >= 11 is 0. The minimum absolute atomic E-state index is 0.192. The number of likely N-dealkylation sites (tertiary alicyclic amines) is 2. The lowest BCUT2D eigenvalue weighted by Crippen LogP contribution is -2.51. The number of halogens is 3. The molecule has 0 aliphatic carbocycles. The normalized spacial score (nSPS) is 19.4. The Morgan fingerprint density at radius 1 is 1.03 bits per heavy atom. The molecule has 2 fully saturated rings. The maximum Gasteiger partial charge on any atom is 0.491 e. The molecule has 0 radical (unpaired) electrons. The summed E-state index contributed by atoms with van der Waals surface area (Å²) in [7, 11) is 1.46. The fourth-order valence-corrected chi connectivity index (χ4v) is 5.33. The highest BCUT2D eigenvalue weighted by molar-refractivity contribution is 5.95. The molecule has 0 N–H and O–H groups in total. The van der Waals surface area contributed by atoms with E-state index in [1.165, 1.54) is 18.1 Å². The van der Waals surface area contributed by atoms with E-state index in [2.05, 4.69) is 18.7 Å². The molecule has 2 aromatic rings. The van der Waals surface area contributed by atoms with Gasteiger partial charge >= 0.3 is 12.1 Å². The van der Waals surface area contributed by atoms with Crippen molar-refractivity contribution in [1.82, 2.24) is 9.80 Å². The van der Waals surface area contributed by atoms with Crippen molar-refractivity contribution < 1.29 is 37.0 Å². The first-order valence-corrected chi connectivity index (χ1v) is 13.2. The molecule has 2 heterocycles. The van der Waals surface area contributed by atoms with E-state index in [9.17, 15) is 22.8 Å². The smallest absolute Gasteiger partial charge is 0.491 e. The zero-order chi connectivity index (χ0) is 28.2. The molecule has 0 bridgehead atoms. The predicted octanol–water partition coefficient (Wildman–Crippen LogP) is 5.29. The molecule has 2 aliphatic heterocycles. The van der Waals surface area contributed by atoms with Gasteiger partial charge < -0.3 is 19.1 Å². The maximum atomic E-state index is 13.4. The van der Waals surface area contributed by atoms with Gasteiger partial charge in [-0.05, 0) is 62.5 Å². The highest BCUT2D eigenvalue weighted by Crippen LogP contribution is 2.47. The topological polar surface area (TPSA) is 68.3 Å². The number of rotatable bonds is 8. The molecule has 0 aromatic heterocycles. The lowest BCUT2D eigenvalue weighted by Gasteiger charge is -2.43. The molecule has 0 saturated carbocycles. The van der Waals surface area contributed by atoms with E-state index in [1.54, 1.807) is 18.2 Å². The number of carbonyl (C=O) groups excluding carboxylic acids is 2.